The van der Waals surface area contributed by atoms with E-state index in [4.69, 9.17) is 0 Å². The molecule has 0 saturated carbocycles. The van der Waals surface area contributed by atoms with Crippen molar-refractivity contribution < 1.29 is 0 Å². The van der Waals surface area contributed by atoms with Crippen LogP contribution < -0.4 is 0 Å². The molecule has 1 unspecified atom stereocenters. The van der Waals surface area contributed by atoms with Crippen molar-refractivity contribution in [1.29, 1.82) is 0 Å². The van der Waals surface area contributed by atoms with Crippen LogP contribution in [0.15, 0.2) is 0 Å². The fourth-order valence-corrected chi connectivity index (χ4v) is 0. The summed E-state index contributed by atoms with van der Waals surface area (Å²) in [6, 6.07) is 0. The van der Waals surface area contributed by atoms with Gasteiger partial charge in [-0.1, -0.05) is 27.2 Å². The lowest BCUT2D eigenvalue weighted by molar-refractivity contribution is 1.09. The average molecular weight is 106 g/mol. The Morgan fingerprint density at radius 2 is 1.17 bits per heavy atom. The van der Waals surface area contributed by atoms with E-state index in [1.54, 1.807) is 0 Å². The van der Waals surface area contributed by atoms with Gasteiger partial charge in [0.15, 0.2) is 0 Å². The third-order valence-electron chi connectivity index (χ3n) is 0. The van der Waals surface area contributed by atoms with Crippen molar-refractivity contribution in [2.24, 2.45) is 0 Å². The van der Waals surface area contributed by atoms with Gasteiger partial charge >= 0.3 is 0 Å². The predicted molar refractivity (Wildman–Crippen MR) is 36.2 cm³/mol. The molecule has 0 aromatic carbocycles. The lowest BCUT2D eigenvalue weighted by Gasteiger charge is -1.48. The molecule has 0 nitrogen and oxygen atoms in total. The van der Waals surface area contributed by atoms with Crippen LogP contribution in [0.1, 0.15) is 27.2 Å². The van der Waals surface area contributed by atoms with Crippen molar-refractivity contribution in [1.82, 2.24) is 0 Å². The maximum Gasteiger partial charge on any atom is -0.0410 e. The summed E-state index contributed by atoms with van der Waals surface area (Å²) in [4.78, 5) is 0. The summed E-state index contributed by atoms with van der Waals surface area (Å²) < 4.78 is 0. The predicted octanol–water partition coefficient (Wildman–Crippen LogP) is 2.30. The topological polar surface area (TPSA) is 0 Å². The molecule has 0 fully saturated rings. The molecule has 0 radical (unpaired) electrons. The summed E-state index contributed by atoms with van der Waals surface area (Å²) in [6.45, 7) is 6.34. The van der Waals surface area contributed by atoms with E-state index in [1.807, 2.05) is 0 Å². The summed E-state index contributed by atoms with van der Waals surface area (Å²) in [5, 5.41) is 0. The molecule has 0 heterocycles. The van der Waals surface area contributed by atoms with Crippen molar-refractivity contribution in [3.05, 3.63) is 0 Å². The van der Waals surface area contributed by atoms with Gasteiger partial charge in [-0.25, -0.2) is 0 Å². The summed E-state index contributed by atoms with van der Waals surface area (Å²) >= 11 is 0. The van der Waals surface area contributed by atoms with Crippen molar-refractivity contribution in [3.63, 3.8) is 0 Å². The van der Waals surface area contributed by atoms with E-state index in [2.05, 4.69) is 30.0 Å². The van der Waals surface area contributed by atoms with E-state index in [0.29, 0.717) is 0 Å². The van der Waals surface area contributed by atoms with E-state index < -0.39 is 0 Å². The Labute approximate surface area is 43.5 Å². The van der Waals surface area contributed by atoms with Crippen molar-refractivity contribution >= 4 is 9.24 Å². The molecule has 0 aromatic rings. The Morgan fingerprint density at radius 3 is 1.17 bits per heavy atom. The van der Waals surface area contributed by atoms with Crippen LogP contribution in [0, 0.1) is 0 Å². The minimum Gasteiger partial charge on any atom is -0.138 e. The lowest BCUT2D eigenvalue weighted by Crippen LogP contribution is -1.33. The van der Waals surface area contributed by atoms with Crippen molar-refractivity contribution in [2.75, 3.05) is 6.16 Å². The van der Waals surface area contributed by atoms with Crippen LogP contribution in [-0.4, -0.2) is 6.16 Å². The van der Waals surface area contributed by atoms with Crippen LogP contribution >= 0.6 is 9.24 Å². The lowest BCUT2D eigenvalue weighted by atomic mass is 10.6. The SMILES string of the molecule is CCC.CCP. The Morgan fingerprint density at radius 1 is 1.17 bits per heavy atom. The highest BCUT2D eigenvalue weighted by molar-refractivity contribution is 7.16. The molecule has 0 N–H and O–H groups in total. The van der Waals surface area contributed by atoms with E-state index >= 15 is 0 Å². The normalized spacial score (nSPS) is 6.00. The monoisotopic (exact) mass is 106 g/mol. The molecular formula is C5H15P. The molecule has 0 rings (SSSR count). The zero-order chi connectivity index (χ0) is 5.41. The molecule has 0 saturated heterocycles. The van der Waals surface area contributed by atoms with Crippen LogP contribution in [0.3, 0.4) is 0 Å². The summed E-state index contributed by atoms with van der Waals surface area (Å²) in [5.41, 5.74) is 0. The minimum absolute atomic E-state index is 1.17. The van der Waals surface area contributed by atoms with Crippen LogP contribution in [0.2, 0.25) is 0 Å². The third-order valence-corrected chi connectivity index (χ3v) is 0. The van der Waals surface area contributed by atoms with Gasteiger partial charge in [0.2, 0.25) is 0 Å². The van der Waals surface area contributed by atoms with Gasteiger partial charge in [-0.15, -0.1) is 9.24 Å². The van der Waals surface area contributed by atoms with Crippen LogP contribution in [0.25, 0.3) is 0 Å². The highest BCUT2D eigenvalue weighted by Gasteiger charge is 1.35. The second kappa shape index (κ2) is 18.0. The summed E-state index contributed by atoms with van der Waals surface area (Å²) in [7, 11) is 2.58. The first-order valence-electron chi connectivity index (χ1n) is 2.53. The van der Waals surface area contributed by atoms with Gasteiger partial charge in [-0.2, -0.15) is 0 Å². The number of rotatable bonds is 0. The molecular weight excluding hydrogens is 91.0 g/mol. The summed E-state index contributed by atoms with van der Waals surface area (Å²) in [6.07, 6.45) is 2.42. The molecule has 1 atom stereocenters. The Hall–Kier alpha value is 0.430. The van der Waals surface area contributed by atoms with Gasteiger partial charge < -0.3 is 0 Å². The second-order valence-electron chi connectivity index (χ2n) is 1.12. The first-order valence-corrected chi connectivity index (χ1v) is 3.35. The van der Waals surface area contributed by atoms with Gasteiger partial charge in [0.25, 0.3) is 0 Å². The Balaban J connectivity index is 0. The van der Waals surface area contributed by atoms with Crippen molar-refractivity contribution in [3.8, 4) is 0 Å². The zero-order valence-corrected chi connectivity index (χ0v) is 6.15. The third kappa shape index (κ3) is 282. The molecule has 0 aliphatic rings. The fraction of sp³-hybridized carbons (Fsp3) is 1.00. The van der Waals surface area contributed by atoms with E-state index in [1.165, 1.54) is 12.6 Å². The largest absolute Gasteiger partial charge is 0.138 e. The van der Waals surface area contributed by atoms with E-state index in [0.717, 1.165) is 0 Å². The average Bonchev–Trinajstić information content (AvgIpc) is 1.39. The molecule has 0 spiro atoms. The zero-order valence-electron chi connectivity index (χ0n) is 4.99. The van der Waals surface area contributed by atoms with Crippen LogP contribution in [-0.2, 0) is 0 Å². The highest BCUT2D eigenvalue weighted by Crippen LogP contribution is 1.68. The van der Waals surface area contributed by atoms with Crippen LogP contribution in [0.5, 0.6) is 0 Å². The molecule has 6 heavy (non-hydrogen) atoms. The van der Waals surface area contributed by atoms with Gasteiger partial charge in [-0.3, -0.25) is 0 Å². The highest BCUT2D eigenvalue weighted by atomic mass is 31.0. The number of hydrogen-bond donors (Lipinski definition) is 0. The van der Waals surface area contributed by atoms with Crippen LogP contribution in [0.4, 0.5) is 0 Å². The van der Waals surface area contributed by atoms with Gasteiger partial charge in [0, 0.05) is 0 Å². The molecule has 0 aliphatic heterocycles. The van der Waals surface area contributed by atoms with Crippen molar-refractivity contribution in [2.45, 2.75) is 27.2 Å². The van der Waals surface area contributed by atoms with Gasteiger partial charge in [-0.05, 0) is 6.16 Å². The first kappa shape index (κ1) is 9.66. The quantitative estimate of drug-likeness (QED) is 0.416. The number of hydrogen-bond acceptors (Lipinski definition) is 0. The molecule has 40 valence electrons. The molecule has 1 heteroatoms. The minimum atomic E-state index is 1.17. The van der Waals surface area contributed by atoms with Gasteiger partial charge in [0.05, 0.1) is 0 Å². The first-order chi connectivity index (χ1) is 2.83. The second-order valence-corrected chi connectivity index (χ2v) is 1.93. The fourth-order valence-electron chi connectivity index (χ4n) is 0. The standard InChI is InChI=1S/C3H8.C2H7P/c1-3-2;1-2-3/h3H2,1-2H3;2-3H2,1H3. The maximum atomic E-state index is 2.58. The van der Waals surface area contributed by atoms with E-state index in [-0.39, 0.29) is 0 Å². The summed E-state index contributed by atoms with van der Waals surface area (Å²) in [5.74, 6) is 0. The molecule has 0 bridgehead atoms. The Bertz CT molecular complexity index is 5.90. The maximum absolute atomic E-state index is 2.58. The Kier molecular flexibility index (Phi) is 29.1. The smallest absolute Gasteiger partial charge is 0.0410 e. The molecule has 0 aromatic heterocycles. The molecule has 0 amide bonds. The van der Waals surface area contributed by atoms with E-state index in [9.17, 15) is 0 Å². The van der Waals surface area contributed by atoms with Gasteiger partial charge in [0.1, 0.15) is 0 Å². The molecule has 0 aliphatic carbocycles.